The molecule has 1 fully saturated rings. The first-order chi connectivity index (χ1) is 12.9. The molecular formula is C20H32N6O. The van der Waals surface area contributed by atoms with Crippen LogP contribution in [0.4, 0.5) is 4.79 Å². The zero-order chi connectivity index (χ0) is 19.4. The number of urea groups is 1. The number of amides is 2. The summed E-state index contributed by atoms with van der Waals surface area (Å²) in [6.07, 6.45) is 0.965. The van der Waals surface area contributed by atoms with Gasteiger partial charge in [-0.05, 0) is 45.0 Å². The van der Waals surface area contributed by atoms with E-state index in [0.717, 1.165) is 49.5 Å². The Balaban J connectivity index is 1.43. The molecule has 1 aromatic heterocycles. The van der Waals surface area contributed by atoms with Crippen LogP contribution in [0.15, 0.2) is 18.2 Å². The second-order valence-electron chi connectivity index (χ2n) is 7.77. The number of aryl methyl sites for hydroxylation is 1. The lowest BCUT2D eigenvalue weighted by atomic mass is 10.1. The van der Waals surface area contributed by atoms with Gasteiger partial charge in [0.05, 0.1) is 17.6 Å². The Morgan fingerprint density at radius 2 is 2.07 bits per heavy atom. The van der Waals surface area contributed by atoms with Gasteiger partial charge in [-0.1, -0.05) is 6.07 Å². The first-order valence-electron chi connectivity index (χ1n) is 9.79. The van der Waals surface area contributed by atoms with E-state index < -0.39 is 0 Å². The molecule has 0 spiro atoms. The zero-order valence-corrected chi connectivity index (χ0v) is 17.0. The van der Waals surface area contributed by atoms with Gasteiger partial charge in [0.25, 0.3) is 0 Å². The van der Waals surface area contributed by atoms with Gasteiger partial charge in [0.1, 0.15) is 5.82 Å². The van der Waals surface area contributed by atoms with Crippen molar-refractivity contribution in [2.75, 3.05) is 46.8 Å². The number of imidazole rings is 1. The summed E-state index contributed by atoms with van der Waals surface area (Å²) in [7, 11) is 3.97. The molecule has 1 saturated heterocycles. The summed E-state index contributed by atoms with van der Waals surface area (Å²) in [5.41, 5.74) is 3.14. The Labute approximate surface area is 161 Å². The van der Waals surface area contributed by atoms with Crippen molar-refractivity contribution in [1.29, 1.82) is 0 Å². The highest BCUT2D eigenvalue weighted by atomic mass is 16.2. The van der Waals surface area contributed by atoms with Gasteiger partial charge in [0.15, 0.2) is 0 Å². The van der Waals surface area contributed by atoms with E-state index in [9.17, 15) is 4.79 Å². The number of carbonyl (C=O) groups excluding carboxylic acids is 1. The Morgan fingerprint density at radius 3 is 2.81 bits per heavy atom. The molecular weight excluding hydrogens is 340 g/mol. The molecule has 2 N–H and O–H groups in total. The molecule has 148 valence electrons. The summed E-state index contributed by atoms with van der Waals surface area (Å²) in [5.74, 6) is 0.805. The number of likely N-dealkylation sites (N-methyl/N-ethyl adjacent to an activating group) is 1. The topological polar surface area (TPSA) is 67.5 Å². The number of rotatable bonds is 6. The summed E-state index contributed by atoms with van der Waals surface area (Å²) in [6, 6.07) is 6.56. The van der Waals surface area contributed by atoms with Crippen LogP contribution in [0.2, 0.25) is 0 Å². The molecule has 1 aromatic carbocycles. The van der Waals surface area contributed by atoms with Gasteiger partial charge in [0.2, 0.25) is 0 Å². The van der Waals surface area contributed by atoms with E-state index in [4.69, 9.17) is 0 Å². The number of H-pyrrole nitrogens is 1. The van der Waals surface area contributed by atoms with E-state index in [1.165, 1.54) is 5.56 Å². The van der Waals surface area contributed by atoms with Gasteiger partial charge in [-0.15, -0.1) is 0 Å². The van der Waals surface area contributed by atoms with Crippen molar-refractivity contribution in [2.24, 2.45) is 0 Å². The van der Waals surface area contributed by atoms with Crippen LogP contribution in [0.5, 0.6) is 0 Å². The Hall–Kier alpha value is -2.12. The van der Waals surface area contributed by atoms with Gasteiger partial charge in [0, 0.05) is 45.8 Å². The third-order valence-corrected chi connectivity index (χ3v) is 5.42. The lowest BCUT2D eigenvalue weighted by Gasteiger charge is -2.36. The molecule has 0 unspecified atom stereocenters. The summed E-state index contributed by atoms with van der Waals surface area (Å²) >= 11 is 0. The largest absolute Gasteiger partial charge is 0.340 e. The van der Waals surface area contributed by atoms with Crippen molar-refractivity contribution in [1.82, 2.24) is 30.0 Å². The third-order valence-electron chi connectivity index (χ3n) is 5.42. The number of carbonyl (C=O) groups is 1. The summed E-state index contributed by atoms with van der Waals surface area (Å²) < 4.78 is 0. The first-order valence-corrected chi connectivity index (χ1v) is 9.79. The minimum absolute atomic E-state index is 0.0581. The van der Waals surface area contributed by atoms with E-state index in [1.54, 1.807) is 11.9 Å². The van der Waals surface area contributed by atoms with Crippen LogP contribution in [-0.2, 0) is 6.54 Å². The standard InChI is InChI=1S/C20H32N6O/c1-15-5-6-17-18(13-15)23-19(22-17)14-25(4)20(27)21-8-7-16(2)26-11-9-24(3)10-12-26/h5-6,13,16H,7-12,14H2,1-4H3,(H,21,27)(H,22,23)/t16-/m0/s1. The van der Waals surface area contributed by atoms with Gasteiger partial charge >= 0.3 is 6.03 Å². The zero-order valence-electron chi connectivity index (χ0n) is 17.0. The SMILES string of the molecule is Cc1ccc2nc(CN(C)C(=O)NCC[C@H](C)N3CCN(C)CC3)[nH]c2c1. The van der Waals surface area contributed by atoms with Crippen LogP contribution in [0, 0.1) is 6.92 Å². The molecule has 1 aliphatic heterocycles. The fourth-order valence-corrected chi connectivity index (χ4v) is 3.52. The van der Waals surface area contributed by atoms with Gasteiger partial charge in [-0.3, -0.25) is 4.90 Å². The van der Waals surface area contributed by atoms with Crippen LogP contribution >= 0.6 is 0 Å². The number of hydrogen-bond donors (Lipinski definition) is 2. The van der Waals surface area contributed by atoms with Crippen molar-refractivity contribution >= 4 is 17.1 Å². The summed E-state index contributed by atoms with van der Waals surface area (Å²) in [6.45, 7) is 9.92. The van der Waals surface area contributed by atoms with Crippen LogP contribution in [-0.4, -0.2) is 83.6 Å². The van der Waals surface area contributed by atoms with Crippen LogP contribution in [0.3, 0.4) is 0 Å². The highest BCUT2D eigenvalue weighted by Crippen LogP contribution is 2.14. The number of hydrogen-bond acceptors (Lipinski definition) is 4. The normalized spacial score (nSPS) is 17.2. The lowest BCUT2D eigenvalue weighted by Crippen LogP contribution is -2.49. The van der Waals surface area contributed by atoms with E-state index >= 15 is 0 Å². The maximum atomic E-state index is 12.4. The minimum atomic E-state index is -0.0581. The maximum Gasteiger partial charge on any atom is 0.317 e. The number of benzene rings is 1. The number of nitrogens with one attached hydrogen (secondary N) is 2. The average molecular weight is 373 g/mol. The predicted octanol–water partition coefficient (Wildman–Crippen LogP) is 2.04. The second-order valence-corrected chi connectivity index (χ2v) is 7.77. The molecule has 2 aromatic rings. The van der Waals surface area contributed by atoms with Crippen LogP contribution in [0.25, 0.3) is 11.0 Å². The molecule has 27 heavy (non-hydrogen) atoms. The van der Waals surface area contributed by atoms with Gasteiger partial charge < -0.3 is 20.1 Å². The predicted molar refractivity (Wildman–Crippen MR) is 109 cm³/mol. The molecule has 3 rings (SSSR count). The summed E-state index contributed by atoms with van der Waals surface area (Å²) in [4.78, 5) is 26.8. The van der Waals surface area contributed by atoms with Crippen molar-refractivity contribution in [3.05, 3.63) is 29.6 Å². The second kappa shape index (κ2) is 8.71. The number of aromatic amines is 1. The molecule has 7 heteroatoms. The van der Waals surface area contributed by atoms with E-state index in [0.29, 0.717) is 19.1 Å². The average Bonchev–Trinajstić information content (AvgIpc) is 3.03. The number of piperazine rings is 1. The lowest BCUT2D eigenvalue weighted by molar-refractivity contribution is 0.114. The van der Waals surface area contributed by atoms with Gasteiger partial charge in [-0.2, -0.15) is 0 Å². The Morgan fingerprint density at radius 1 is 1.33 bits per heavy atom. The highest BCUT2D eigenvalue weighted by molar-refractivity contribution is 5.76. The van der Waals surface area contributed by atoms with Crippen molar-refractivity contribution in [3.8, 4) is 0 Å². The van der Waals surface area contributed by atoms with E-state index in [2.05, 4.69) is 52.0 Å². The van der Waals surface area contributed by atoms with Crippen molar-refractivity contribution < 1.29 is 4.79 Å². The highest BCUT2D eigenvalue weighted by Gasteiger charge is 2.19. The van der Waals surface area contributed by atoms with Crippen molar-refractivity contribution in [3.63, 3.8) is 0 Å². The van der Waals surface area contributed by atoms with Crippen LogP contribution < -0.4 is 5.32 Å². The quantitative estimate of drug-likeness (QED) is 0.814. The molecule has 0 bridgehead atoms. The van der Waals surface area contributed by atoms with E-state index in [1.807, 2.05) is 12.1 Å². The van der Waals surface area contributed by atoms with E-state index in [-0.39, 0.29) is 6.03 Å². The Bertz CT molecular complexity index is 765. The molecule has 2 amide bonds. The molecule has 0 saturated carbocycles. The fraction of sp³-hybridized carbons (Fsp3) is 0.600. The number of fused-ring (bicyclic) bond motifs is 1. The van der Waals surface area contributed by atoms with Crippen LogP contribution in [0.1, 0.15) is 24.7 Å². The Kier molecular flexibility index (Phi) is 6.34. The minimum Gasteiger partial charge on any atom is -0.340 e. The maximum absolute atomic E-state index is 12.4. The number of aromatic nitrogens is 2. The first kappa shape index (κ1) is 19.6. The molecule has 1 aliphatic rings. The number of nitrogens with zero attached hydrogens (tertiary/aromatic N) is 4. The summed E-state index contributed by atoms with van der Waals surface area (Å²) in [5, 5.41) is 3.03. The molecule has 0 radical (unpaired) electrons. The molecule has 7 nitrogen and oxygen atoms in total. The molecule has 2 heterocycles. The van der Waals surface area contributed by atoms with Crippen molar-refractivity contribution in [2.45, 2.75) is 32.9 Å². The smallest absolute Gasteiger partial charge is 0.317 e. The molecule has 1 atom stereocenters. The fourth-order valence-electron chi connectivity index (χ4n) is 3.52. The molecule has 0 aliphatic carbocycles. The monoisotopic (exact) mass is 372 g/mol. The third kappa shape index (κ3) is 5.20. The van der Waals surface area contributed by atoms with Gasteiger partial charge in [-0.25, -0.2) is 9.78 Å².